The molecule has 0 amide bonds. The summed E-state index contributed by atoms with van der Waals surface area (Å²) >= 11 is 0. The summed E-state index contributed by atoms with van der Waals surface area (Å²) in [6.07, 6.45) is 0.752. The number of rotatable bonds is 3. The van der Waals surface area contributed by atoms with Gasteiger partial charge in [0, 0.05) is 11.8 Å². The Morgan fingerprint density at radius 2 is 1.81 bits per heavy atom. The molecule has 0 radical (unpaired) electrons. The van der Waals surface area contributed by atoms with Gasteiger partial charge in [-0.25, -0.2) is 9.97 Å². The van der Waals surface area contributed by atoms with Crippen LogP contribution in [0, 0.1) is 0 Å². The lowest BCUT2D eigenvalue weighted by Crippen LogP contribution is -2.36. The molecule has 2 saturated heterocycles. The van der Waals surface area contributed by atoms with Crippen molar-refractivity contribution < 1.29 is 14.6 Å². The normalized spacial score (nSPS) is 27.6. The molecule has 0 bridgehead atoms. The van der Waals surface area contributed by atoms with Crippen molar-refractivity contribution in [3.8, 4) is 11.3 Å². The Balaban J connectivity index is 1.44. The SMILES string of the molecule is O[C@@H]1CO[C@H]2[C@@H]1OC[C@@H]2Nc1nccc(-c2cccc3ccccc23)n1. The zero-order chi connectivity index (χ0) is 17.5. The van der Waals surface area contributed by atoms with Gasteiger partial charge in [0.2, 0.25) is 5.95 Å². The van der Waals surface area contributed by atoms with E-state index in [1.54, 1.807) is 6.20 Å². The van der Waals surface area contributed by atoms with E-state index in [9.17, 15) is 5.11 Å². The van der Waals surface area contributed by atoms with E-state index in [-0.39, 0.29) is 18.2 Å². The van der Waals surface area contributed by atoms with Crippen molar-refractivity contribution in [1.82, 2.24) is 9.97 Å². The second-order valence-corrected chi connectivity index (χ2v) is 6.71. The highest BCUT2D eigenvalue weighted by atomic mass is 16.6. The van der Waals surface area contributed by atoms with Crippen LogP contribution in [0.4, 0.5) is 5.95 Å². The van der Waals surface area contributed by atoms with E-state index in [1.807, 2.05) is 24.3 Å². The molecule has 1 aromatic heterocycles. The molecule has 0 unspecified atom stereocenters. The standard InChI is InChI=1S/C20H19N3O3/c24-17-11-26-18-16(10-25-19(17)18)23-20-21-9-8-15(22-20)14-7-3-5-12-4-1-2-6-13(12)14/h1-9,16-19,24H,10-11H2,(H,21,22,23)/t16-,17+,18+,19+/m0/s1. The average molecular weight is 349 g/mol. The van der Waals surface area contributed by atoms with E-state index in [2.05, 4.69) is 34.6 Å². The molecule has 3 aromatic rings. The number of aliphatic hydroxyl groups is 1. The van der Waals surface area contributed by atoms with Crippen LogP contribution >= 0.6 is 0 Å². The molecule has 2 aromatic carbocycles. The maximum atomic E-state index is 9.87. The Bertz CT molecular complexity index is 943. The fourth-order valence-electron chi connectivity index (χ4n) is 3.80. The van der Waals surface area contributed by atoms with Crippen molar-refractivity contribution in [2.45, 2.75) is 24.4 Å². The minimum atomic E-state index is -0.560. The van der Waals surface area contributed by atoms with Crippen LogP contribution in [0.15, 0.2) is 54.7 Å². The Morgan fingerprint density at radius 1 is 0.962 bits per heavy atom. The smallest absolute Gasteiger partial charge is 0.223 e. The molecule has 0 aliphatic carbocycles. The highest BCUT2D eigenvalue weighted by molar-refractivity contribution is 5.95. The number of fused-ring (bicyclic) bond motifs is 2. The van der Waals surface area contributed by atoms with E-state index in [0.29, 0.717) is 19.2 Å². The van der Waals surface area contributed by atoms with Crippen LogP contribution in [0.2, 0.25) is 0 Å². The molecule has 26 heavy (non-hydrogen) atoms. The van der Waals surface area contributed by atoms with Gasteiger partial charge in [0.1, 0.15) is 18.3 Å². The van der Waals surface area contributed by atoms with Crippen molar-refractivity contribution in [3.05, 3.63) is 54.7 Å². The number of nitrogens with one attached hydrogen (secondary N) is 1. The third-order valence-electron chi connectivity index (χ3n) is 5.06. The maximum absolute atomic E-state index is 9.87. The fraction of sp³-hybridized carbons (Fsp3) is 0.300. The summed E-state index contributed by atoms with van der Waals surface area (Å²) in [5, 5.41) is 15.5. The van der Waals surface area contributed by atoms with Gasteiger partial charge in [0.15, 0.2) is 0 Å². The van der Waals surface area contributed by atoms with Crippen LogP contribution in [-0.4, -0.2) is 52.6 Å². The summed E-state index contributed by atoms with van der Waals surface area (Å²) in [7, 11) is 0. The van der Waals surface area contributed by atoms with Crippen LogP contribution in [0.1, 0.15) is 0 Å². The number of aromatic nitrogens is 2. The van der Waals surface area contributed by atoms with Gasteiger partial charge in [0.25, 0.3) is 0 Å². The fourth-order valence-corrected chi connectivity index (χ4v) is 3.80. The lowest BCUT2D eigenvalue weighted by atomic mass is 10.0. The molecule has 4 atom stereocenters. The van der Waals surface area contributed by atoms with E-state index in [1.165, 1.54) is 5.39 Å². The first-order valence-corrected chi connectivity index (χ1v) is 8.78. The lowest BCUT2D eigenvalue weighted by Gasteiger charge is -2.17. The van der Waals surface area contributed by atoms with Gasteiger partial charge >= 0.3 is 0 Å². The van der Waals surface area contributed by atoms with Crippen molar-refractivity contribution in [2.75, 3.05) is 18.5 Å². The molecule has 6 heteroatoms. The molecule has 2 N–H and O–H groups in total. The molecule has 0 saturated carbocycles. The molecule has 2 aliphatic rings. The molecule has 132 valence electrons. The highest BCUT2D eigenvalue weighted by Gasteiger charge is 2.47. The Kier molecular flexibility index (Phi) is 3.81. The molecule has 3 heterocycles. The number of hydrogen-bond donors (Lipinski definition) is 2. The monoisotopic (exact) mass is 349 g/mol. The zero-order valence-corrected chi connectivity index (χ0v) is 14.1. The first-order valence-electron chi connectivity index (χ1n) is 8.78. The predicted octanol–water partition coefficient (Wildman–Crippen LogP) is 2.24. The summed E-state index contributed by atoms with van der Waals surface area (Å²) in [5.41, 5.74) is 1.93. The highest BCUT2D eigenvalue weighted by Crippen LogP contribution is 2.30. The van der Waals surface area contributed by atoms with Gasteiger partial charge in [-0.3, -0.25) is 0 Å². The summed E-state index contributed by atoms with van der Waals surface area (Å²) in [6, 6.07) is 16.3. The molecule has 6 nitrogen and oxygen atoms in total. The molecule has 2 aliphatic heterocycles. The third kappa shape index (κ3) is 2.63. The van der Waals surface area contributed by atoms with Crippen LogP contribution in [0.3, 0.4) is 0 Å². The quantitative estimate of drug-likeness (QED) is 0.755. The summed E-state index contributed by atoms with van der Waals surface area (Å²) in [4.78, 5) is 9.04. The first-order chi connectivity index (χ1) is 12.8. The van der Waals surface area contributed by atoms with Crippen LogP contribution < -0.4 is 5.32 Å². The summed E-state index contributed by atoms with van der Waals surface area (Å²) in [5.74, 6) is 0.537. The van der Waals surface area contributed by atoms with Crippen molar-refractivity contribution in [2.24, 2.45) is 0 Å². The minimum absolute atomic E-state index is 0.0695. The van der Waals surface area contributed by atoms with Gasteiger partial charge in [-0.1, -0.05) is 42.5 Å². The molecule has 0 spiro atoms. The van der Waals surface area contributed by atoms with E-state index in [0.717, 1.165) is 16.6 Å². The number of anilines is 1. The molecular weight excluding hydrogens is 330 g/mol. The number of hydrogen-bond acceptors (Lipinski definition) is 6. The average Bonchev–Trinajstić information content (AvgIpc) is 3.25. The number of aliphatic hydroxyl groups excluding tert-OH is 1. The molecule has 2 fully saturated rings. The van der Waals surface area contributed by atoms with Gasteiger partial charge in [-0.05, 0) is 16.8 Å². The van der Waals surface area contributed by atoms with Crippen molar-refractivity contribution in [1.29, 1.82) is 0 Å². The number of ether oxygens (including phenoxy) is 2. The topological polar surface area (TPSA) is 76.5 Å². The second-order valence-electron chi connectivity index (χ2n) is 6.71. The first kappa shape index (κ1) is 15.7. The Morgan fingerprint density at radius 3 is 2.77 bits per heavy atom. The van der Waals surface area contributed by atoms with Crippen LogP contribution in [0.25, 0.3) is 22.0 Å². The van der Waals surface area contributed by atoms with Gasteiger partial charge in [0.05, 0.1) is 24.9 Å². The Labute approximate surface area is 150 Å². The van der Waals surface area contributed by atoms with Crippen LogP contribution in [0.5, 0.6) is 0 Å². The van der Waals surface area contributed by atoms with Gasteiger partial charge in [-0.2, -0.15) is 0 Å². The Hall–Kier alpha value is -2.54. The number of benzene rings is 2. The maximum Gasteiger partial charge on any atom is 0.223 e. The summed E-state index contributed by atoms with van der Waals surface area (Å²) < 4.78 is 11.3. The van der Waals surface area contributed by atoms with E-state index >= 15 is 0 Å². The molecular formula is C20H19N3O3. The predicted molar refractivity (Wildman–Crippen MR) is 97.9 cm³/mol. The summed E-state index contributed by atoms with van der Waals surface area (Å²) in [6.45, 7) is 0.776. The van der Waals surface area contributed by atoms with E-state index in [4.69, 9.17) is 14.5 Å². The largest absolute Gasteiger partial charge is 0.388 e. The van der Waals surface area contributed by atoms with E-state index < -0.39 is 6.10 Å². The second kappa shape index (κ2) is 6.32. The zero-order valence-electron chi connectivity index (χ0n) is 14.1. The van der Waals surface area contributed by atoms with Crippen LogP contribution in [-0.2, 0) is 9.47 Å². The minimum Gasteiger partial charge on any atom is -0.388 e. The van der Waals surface area contributed by atoms with Crippen molar-refractivity contribution >= 4 is 16.7 Å². The molecule has 5 rings (SSSR count). The van der Waals surface area contributed by atoms with Gasteiger partial charge < -0.3 is 19.9 Å². The van der Waals surface area contributed by atoms with Crippen molar-refractivity contribution in [3.63, 3.8) is 0 Å². The lowest BCUT2D eigenvalue weighted by molar-refractivity contribution is 0.0184. The third-order valence-corrected chi connectivity index (χ3v) is 5.06. The van der Waals surface area contributed by atoms with Gasteiger partial charge in [-0.15, -0.1) is 0 Å². The number of nitrogens with zero attached hydrogens (tertiary/aromatic N) is 2.